The van der Waals surface area contributed by atoms with Crippen LogP contribution in [0.4, 0.5) is 5.82 Å². The monoisotopic (exact) mass is 387 g/mol. The van der Waals surface area contributed by atoms with Gasteiger partial charge in [-0.15, -0.1) is 0 Å². The van der Waals surface area contributed by atoms with Crippen LogP contribution >= 0.6 is 11.6 Å². The number of carbonyl (C=O) groups excluding carboxylic acids is 1. The number of carboxylic acid groups (broad SMARTS) is 1. The Bertz CT molecular complexity index is 1020. The van der Waals surface area contributed by atoms with Crippen molar-refractivity contribution in [1.82, 2.24) is 9.97 Å². The molecule has 9 heteroatoms. The first-order valence-corrected chi connectivity index (χ1v) is 8.14. The Kier molecular flexibility index (Phi) is 5.09. The van der Waals surface area contributed by atoms with Crippen LogP contribution in [-0.2, 0) is 9.59 Å². The Morgan fingerprint density at radius 3 is 2.56 bits per heavy atom. The van der Waals surface area contributed by atoms with Gasteiger partial charge >= 0.3 is 5.97 Å². The van der Waals surface area contributed by atoms with Gasteiger partial charge in [0.25, 0.3) is 0 Å². The number of aliphatic carboxylic acids is 1. The number of fused-ring (bicyclic) bond motifs is 1. The van der Waals surface area contributed by atoms with Gasteiger partial charge in [-0.1, -0.05) is 11.6 Å². The van der Waals surface area contributed by atoms with Crippen molar-refractivity contribution in [2.75, 3.05) is 11.4 Å². The second-order valence-corrected chi connectivity index (χ2v) is 6.03. The molecule has 0 aliphatic rings. The molecule has 0 fully saturated rings. The molecule has 0 bridgehead atoms. The number of nitrogens with zero attached hydrogens (tertiary/aromatic N) is 3. The minimum atomic E-state index is -1.23. The summed E-state index contributed by atoms with van der Waals surface area (Å²) >= 11 is 5.84. The van der Waals surface area contributed by atoms with Crippen molar-refractivity contribution < 1.29 is 24.5 Å². The summed E-state index contributed by atoms with van der Waals surface area (Å²) < 4.78 is 5.66. The van der Waals surface area contributed by atoms with Crippen LogP contribution in [0.2, 0.25) is 5.02 Å². The first-order valence-electron chi connectivity index (χ1n) is 7.76. The number of aromatic nitrogens is 2. The molecule has 0 saturated heterocycles. The van der Waals surface area contributed by atoms with E-state index in [0.29, 0.717) is 33.8 Å². The Morgan fingerprint density at radius 2 is 1.93 bits per heavy atom. The maximum Gasteiger partial charge on any atom is 0.323 e. The van der Waals surface area contributed by atoms with Crippen LogP contribution in [0.5, 0.6) is 17.4 Å². The maximum absolute atomic E-state index is 11.2. The number of carbonyl (C=O) groups is 2. The first-order chi connectivity index (χ1) is 12.9. The lowest BCUT2D eigenvalue weighted by Gasteiger charge is -2.17. The first kappa shape index (κ1) is 18.4. The molecule has 138 valence electrons. The zero-order valence-electron chi connectivity index (χ0n) is 14.1. The summed E-state index contributed by atoms with van der Waals surface area (Å²) in [6.45, 7) is 1.01. The fourth-order valence-corrected chi connectivity index (χ4v) is 2.61. The molecule has 2 heterocycles. The van der Waals surface area contributed by atoms with Gasteiger partial charge in [0.1, 0.15) is 12.3 Å². The van der Waals surface area contributed by atoms with Crippen molar-refractivity contribution in [1.29, 1.82) is 0 Å². The minimum Gasteiger partial charge on any atom is -0.504 e. The van der Waals surface area contributed by atoms with Crippen LogP contribution in [0, 0.1) is 6.92 Å². The number of aromatic hydroxyl groups is 1. The highest BCUT2D eigenvalue weighted by Crippen LogP contribution is 2.35. The third-order valence-electron chi connectivity index (χ3n) is 3.69. The van der Waals surface area contributed by atoms with Gasteiger partial charge in [-0.25, -0.2) is 9.97 Å². The molecule has 2 aromatic heterocycles. The van der Waals surface area contributed by atoms with Gasteiger partial charge in [0.15, 0.2) is 11.6 Å². The standard InChI is InChI=1S/C18H14ClN3O5/c1-10-16-13(17(26)18(20-10)22(9-23)8-15(24)25)6-7-14(21-16)27-12-4-2-11(19)3-5-12/h2-7,9,26H,8H2,1H3,(H,24,25). The molecule has 0 radical (unpaired) electrons. The molecule has 3 rings (SSSR count). The zero-order valence-corrected chi connectivity index (χ0v) is 14.8. The zero-order chi connectivity index (χ0) is 19.6. The molecule has 0 saturated carbocycles. The molecular weight excluding hydrogens is 374 g/mol. The van der Waals surface area contributed by atoms with Gasteiger partial charge in [-0.2, -0.15) is 0 Å². The van der Waals surface area contributed by atoms with E-state index < -0.39 is 12.5 Å². The Hall–Kier alpha value is -3.39. The van der Waals surface area contributed by atoms with E-state index in [1.165, 1.54) is 0 Å². The number of benzene rings is 1. The summed E-state index contributed by atoms with van der Waals surface area (Å²) in [5.41, 5.74) is 0.764. The molecule has 0 atom stereocenters. The topological polar surface area (TPSA) is 113 Å². The number of hydrogen-bond donors (Lipinski definition) is 2. The van der Waals surface area contributed by atoms with Crippen molar-refractivity contribution in [2.45, 2.75) is 6.92 Å². The smallest absolute Gasteiger partial charge is 0.323 e. The number of rotatable bonds is 6. The van der Waals surface area contributed by atoms with E-state index in [1.54, 1.807) is 43.3 Å². The highest BCUT2D eigenvalue weighted by atomic mass is 35.5. The highest BCUT2D eigenvalue weighted by Gasteiger charge is 2.20. The van der Waals surface area contributed by atoms with E-state index in [-0.39, 0.29) is 17.4 Å². The lowest BCUT2D eigenvalue weighted by Crippen LogP contribution is -2.29. The van der Waals surface area contributed by atoms with Crippen molar-refractivity contribution in [3.05, 3.63) is 47.1 Å². The second-order valence-electron chi connectivity index (χ2n) is 5.60. The largest absolute Gasteiger partial charge is 0.504 e. The molecule has 3 aromatic rings. The van der Waals surface area contributed by atoms with Crippen LogP contribution < -0.4 is 9.64 Å². The van der Waals surface area contributed by atoms with Crippen LogP contribution in [-0.4, -0.2) is 39.1 Å². The molecule has 8 nitrogen and oxygen atoms in total. The number of ether oxygens (including phenoxy) is 1. The SMILES string of the molecule is Cc1nc(N(C=O)CC(=O)O)c(O)c2ccc(Oc3ccc(Cl)cc3)nc12. The number of anilines is 1. The van der Waals surface area contributed by atoms with E-state index >= 15 is 0 Å². The van der Waals surface area contributed by atoms with Gasteiger partial charge in [-0.05, 0) is 37.3 Å². The van der Waals surface area contributed by atoms with E-state index in [1.807, 2.05) is 0 Å². The Morgan fingerprint density at radius 1 is 1.22 bits per heavy atom. The van der Waals surface area contributed by atoms with Gasteiger partial charge < -0.3 is 14.9 Å². The second kappa shape index (κ2) is 7.46. The normalized spacial score (nSPS) is 10.6. The van der Waals surface area contributed by atoms with Crippen LogP contribution in [0.3, 0.4) is 0 Å². The molecule has 1 amide bonds. The van der Waals surface area contributed by atoms with E-state index in [4.69, 9.17) is 21.4 Å². The molecule has 0 aliphatic carbocycles. The van der Waals surface area contributed by atoms with Gasteiger partial charge in [-0.3, -0.25) is 14.5 Å². The molecular formula is C18H14ClN3O5. The third kappa shape index (κ3) is 3.90. The van der Waals surface area contributed by atoms with Crippen LogP contribution in [0.25, 0.3) is 10.9 Å². The number of carboxylic acids is 1. The average Bonchev–Trinajstić information content (AvgIpc) is 2.64. The van der Waals surface area contributed by atoms with Gasteiger partial charge in [0.2, 0.25) is 12.3 Å². The number of aryl methyl sites for hydroxylation is 1. The van der Waals surface area contributed by atoms with Crippen LogP contribution in [0.1, 0.15) is 5.69 Å². The summed E-state index contributed by atoms with van der Waals surface area (Å²) in [7, 11) is 0. The number of amides is 1. The summed E-state index contributed by atoms with van der Waals surface area (Å²) in [5.74, 6) is -0.906. The minimum absolute atomic E-state index is 0.148. The maximum atomic E-state index is 11.2. The molecule has 0 aliphatic heterocycles. The average molecular weight is 388 g/mol. The summed E-state index contributed by atoms with van der Waals surface area (Å²) in [6, 6.07) is 9.84. The van der Waals surface area contributed by atoms with Gasteiger partial charge in [0, 0.05) is 16.5 Å². The number of halogens is 1. The predicted molar refractivity (Wildman–Crippen MR) is 98.5 cm³/mol. The highest BCUT2D eigenvalue weighted by molar-refractivity contribution is 6.30. The van der Waals surface area contributed by atoms with Crippen molar-refractivity contribution >= 4 is 40.7 Å². The summed E-state index contributed by atoms with van der Waals surface area (Å²) in [5, 5.41) is 20.2. The van der Waals surface area contributed by atoms with E-state index in [9.17, 15) is 14.7 Å². The molecule has 0 spiro atoms. The molecule has 27 heavy (non-hydrogen) atoms. The predicted octanol–water partition coefficient (Wildman–Crippen LogP) is 3.14. The fraction of sp³-hybridized carbons (Fsp3) is 0.111. The Balaban J connectivity index is 2.01. The fourth-order valence-electron chi connectivity index (χ4n) is 2.48. The van der Waals surface area contributed by atoms with Crippen molar-refractivity contribution in [2.24, 2.45) is 0 Å². The third-order valence-corrected chi connectivity index (χ3v) is 3.95. The van der Waals surface area contributed by atoms with Crippen LogP contribution in [0.15, 0.2) is 36.4 Å². The van der Waals surface area contributed by atoms with E-state index in [0.717, 1.165) is 4.90 Å². The molecule has 0 unspecified atom stereocenters. The lowest BCUT2D eigenvalue weighted by molar-refractivity contribution is -0.136. The van der Waals surface area contributed by atoms with Gasteiger partial charge in [0.05, 0.1) is 11.2 Å². The molecule has 2 N–H and O–H groups in total. The van der Waals surface area contributed by atoms with E-state index in [2.05, 4.69) is 9.97 Å². The molecule has 1 aromatic carbocycles. The van der Waals surface area contributed by atoms with Crippen molar-refractivity contribution in [3.63, 3.8) is 0 Å². The lowest BCUT2D eigenvalue weighted by atomic mass is 10.2. The number of hydrogen-bond acceptors (Lipinski definition) is 6. The quantitative estimate of drug-likeness (QED) is 0.624. The summed E-state index contributed by atoms with van der Waals surface area (Å²) in [4.78, 5) is 31.4. The van der Waals surface area contributed by atoms with Crippen molar-refractivity contribution in [3.8, 4) is 17.4 Å². The summed E-state index contributed by atoms with van der Waals surface area (Å²) in [6.07, 6.45) is 0.299. The number of pyridine rings is 2. The Labute approximate surface area is 158 Å².